The molecule has 0 spiro atoms. The highest BCUT2D eigenvalue weighted by Gasteiger charge is 2.35. The maximum absolute atomic E-state index is 5.17. The molecule has 3 aliphatic heterocycles. The third-order valence-electron chi connectivity index (χ3n) is 6.68. The van der Waals surface area contributed by atoms with E-state index in [1.807, 2.05) is 0 Å². The molecule has 0 saturated carbocycles. The first-order valence-corrected chi connectivity index (χ1v) is 12.9. The van der Waals surface area contributed by atoms with Crippen molar-refractivity contribution < 1.29 is 0 Å². The second-order valence-electron chi connectivity index (χ2n) is 8.78. The van der Waals surface area contributed by atoms with Gasteiger partial charge in [-0.1, -0.05) is 13.1 Å². The Morgan fingerprint density at radius 3 is 2.65 bits per heavy atom. The third kappa shape index (κ3) is 2.24. The van der Waals surface area contributed by atoms with Gasteiger partial charge in [-0.3, -0.25) is 0 Å². The fourth-order valence-corrected chi connectivity index (χ4v) is 7.89. The van der Waals surface area contributed by atoms with Crippen molar-refractivity contribution in [3.63, 3.8) is 0 Å². The summed E-state index contributed by atoms with van der Waals surface area (Å²) in [6, 6.07) is 9.74. The van der Waals surface area contributed by atoms with E-state index in [9.17, 15) is 0 Å². The third-order valence-corrected chi connectivity index (χ3v) is 10.2. The summed E-state index contributed by atoms with van der Waals surface area (Å²) in [7, 11) is 2.71. The molecule has 134 valence electrons. The molecule has 0 fully saturated rings. The number of hydrogen-bond acceptors (Lipinski definition) is 2. The minimum Gasteiger partial charge on any atom is -0.374 e. The quantitative estimate of drug-likeness (QED) is 0.509. The minimum absolute atomic E-state index is 1.17. The van der Waals surface area contributed by atoms with Crippen LogP contribution in [0.3, 0.4) is 0 Å². The van der Waals surface area contributed by atoms with Gasteiger partial charge < -0.3 is 4.90 Å². The van der Waals surface area contributed by atoms with Crippen molar-refractivity contribution in [2.24, 2.45) is 4.99 Å². The Labute approximate surface area is 156 Å². The number of nitrogens with zero attached hydrogens (tertiary/aromatic N) is 3. The molecule has 5 rings (SSSR count). The van der Waals surface area contributed by atoms with Crippen LogP contribution in [0, 0.1) is 0 Å². The molecular weight excluding hydrogens is 334 g/mol. The molecule has 4 heteroatoms. The molecule has 0 unspecified atom stereocenters. The maximum atomic E-state index is 5.17. The highest BCUT2D eigenvalue weighted by Crippen LogP contribution is 2.30. The maximum Gasteiger partial charge on any atom is 0.202 e. The summed E-state index contributed by atoms with van der Waals surface area (Å²) in [5, 5.41) is 5.70. The SMILES string of the molecule is CN1CCCc2cc3c(cc21)[Si](C)(C)c1cc2c(cc1=N3)CCC[N+]=2C. The van der Waals surface area contributed by atoms with Crippen LogP contribution >= 0.6 is 0 Å². The van der Waals surface area contributed by atoms with Crippen LogP contribution in [0.25, 0.3) is 0 Å². The highest BCUT2D eigenvalue weighted by molar-refractivity contribution is 7.01. The predicted molar refractivity (Wildman–Crippen MR) is 112 cm³/mol. The summed E-state index contributed by atoms with van der Waals surface area (Å²) in [6.45, 7) is 7.34. The lowest BCUT2D eigenvalue weighted by molar-refractivity contribution is 0.588. The second kappa shape index (κ2) is 5.53. The Morgan fingerprint density at radius 1 is 1.00 bits per heavy atom. The van der Waals surface area contributed by atoms with E-state index < -0.39 is 8.07 Å². The standard InChI is InChI=1S/C22H28N3Si/c1-24-9-5-7-15-11-17-21(13-19(15)24)26(3,4)22-14-20-16(12-18(22)23-17)8-6-10-25(20)2/h11-14H,5-10H2,1-4H3/q+1. The first-order valence-electron chi connectivity index (χ1n) is 9.94. The van der Waals surface area contributed by atoms with Crippen molar-refractivity contribution in [2.45, 2.75) is 38.8 Å². The van der Waals surface area contributed by atoms with E-state index in [1.54, 1.807) is 0 Å². The molecule has 2 aromatic carbocycles. The van der Waals surface area contributed by atoms with E-state index in [-0.39, 0.29) is 0 Å². The molecule has 3 nitrogen and oxygen atoms in total. The van der Waals surface area contributed by atoms with Crippen LogP contribution in [0.4, 0.5) is 11.4 Å². The summed E-state index contributed by atoms with van der Waals surface area (Å²) in [5.41, 5.74) is 5.64. The zero-order chi connectivity index (χ0) is 18.1. The molecule has 26 heavy (non-hydrogen) atoms. The molecule has 0 atom stereocenters. The van der Waals surface area contributed by atoms with Gasteiger partial charge in [-0.25, -0.2) is 9.57 Å². The van der Waals surface area contributed by atoms with Crippen LogP contribution < -0.4 is 30.6 Å². The molecule has 3 aliphatic rings. The number of aryl methyl sites for hydroxylation is 2. The monoisotopic (exact) mass is 362 g/mol. The lowest BCUT2D eigenvalue weighted by atomic mass is 10.0. The lowest BCUT2D eigenvalue weighted by Gasteiger charge is -2.34. The molecule has 0 N–H and O–H groups in total. The topological polar surface area (TPSA) is 18.6 Å². The van der Waals surface area contributed by atoms with E-state index in [1.165, 1.54) is 82.4 Å². The second-order valence-corrected chi connectivity index (χ2v) is 13.1. The van der Waals surface area contributed by atoms with Crippen molar-refractivity contribution >= 4 is 29.8 Å². The number of rotatable bonds is 0. The molecule has 0 amide bonds. The summed E-state index contributed by atoms with van der Waals surface area (Å²) in [4.78, 5) is 7.60. The molecular formula is C22H28N3Si+. The van der Waals surface area contributed by atoms with Gasteiger partial charge >= 0.3 is 0 Å². The van der Waals surface area contributed by atoms with Crippen LogP contribution in [0.2, 0.25) is 13.1 Å². The van der Waals surface area contributed by atoms with Crippen LogP contribution in [0.5, 0.6) is 0 Å². The van der Waals surface area contributed by atoms with E-state index in [0.29, 0.717) is 0 Å². The smallest absolute Gasteiger partial charge is 0.202 e. The fourth-order valence-electron chi connectivity index (χ4n) is 5.07. The molecule has 2 aromatic rings. The number of hydrogen-bond donors (Lipinski definition) is 0. The molecule has 0 bridgehead atoms. The van der Waals surface area contributed by atoms with Crippen LogP contribution in [0.15, 0.2) is 29.3 Å². The largest absolute Gasteiger partial charge is 0.374 e. The van der Waals surface area contributed by atoms with Crippen LogP contribution in [-0.4, -0.2) is 35.3 Å². The Hall–Kier alpha value is -1.94. The van der Waals surface area contributed by atoms with Crippen molar-refractivity contribution in [3.8, 4) is 0 Å². The summed E-state index contributed by atoms with van der Waals surface area (Å²) < 4.78 is 2.43. The molecule has 0 aromatic heterocycles. The Bertz CT molecular complexity index is 1050. The minimum atomic E-state index is -1.76. The zero-order valence-corrected chi connectivity index (χ0v) is 17.4. The van der Waals surface area contributed by atoms with Gasteiger partial charge in [-0.15, -0.1) is 0 Å². The summed E-state index contributed by atoms with van der Waals surface area (Å²) in [6.07, 6.45) is 4.87. The highest BCUT2D eigenvalue weighted by atomic mass is 28.3. The van der Waals surface area contributed by atoms with Crippen LogP contribution in [0.1, 0.15) is 24.0 Å². The normalized spacial score (nSPS) is 19.8. The Balaban J connectivity index is 1.81. The van der Waals surface area contributed by atoms with Gasteiger partial charge in [0.25, 0.3) is 0 Å². The first-order chi connectivity index (χ1) is 12.4. The number of benzene rings is 2. The fraction of sp³-hybridized carbons (Fsp3) is 0.455. The van der Waals surface area contributed by atoms with Gasteiger partial charge in [-0.05, 0) is 53.4 Å². The van der Waals surface area contributed by atoms with Crippen molar-refractivity contribution in [2.75, 3.05) is 32.1 Å². The van der Waals surface area contributed by atoms with E-state index in [0.717, 1.165) is 0 Å². The van der Waals surface area contributed by atoms with Crippen LogP contribution in [-0.2, 0) is 12.8 Å². The zero-order valence-electron chi connectivity index (χ0n) is 16.4. The average molecular weight is 363 g/mol. The summed E-state index contributed by atoms with van der Waals surface area (Å²) in [5.74, 6) is 0. The predicted octanol–water partition coefficient (Wildman–Crippen LogP) is 1.22. The molecule has 3 heterocycles. The first kappa shape index (κ1) is 16.2. The Morgan fingerprint density at radius 2 is 1.81 bits per heavy atom. The Kier molecular flexibility index (Phi) is 3.45. The van der Waals surface area contributed by atoms with Crippen molar-refractivity contribution in [1.29, 1.82) is 0 Å². The molecule has 0 aliphatic carbocycles. The van der Waals surface area contributed by atoms with Gasteiger partial charge in [0.05, 0.1) is 11.0 Å². The molecule has 0 saturated heterocycles. The van der Waals surface area contributed by atoms with Gasteiger partial charge in [0, 0.05) is 37.3 Å². The summed E-state index contributed by atoms with van der Waals surface area (Å²) >= 11 is 0. The van der Waals surface area contributed by atoms with Gasteiger partial charge in [0.1, 0.15) is 21.7 Å². The van der Waals surface area contributed by atoms with E-state index >= 15 is 0 Å². The molecule has 0 radical (unpaired) electrons. The lowest BCUT2D eigenvalue weighted by Crippen LogP contribution is -2.62. The van der Waals surface area contributed by atoms with Crippen molar-refractivity contribution in [1.82, 2.24) is 4.58 Å². The van der Waals surface area contributed by atoms with Crippen molar-refractivity contribution in [3.05, 3.63) is 46.1 Å². The van der Waals surface area contributed by atoms with Gasteiger partial charge in [0.15, 0.2) is 0 Å². The van der Waals surface area contributed by atoms with E-state index in [4.69, 9.17) is 4.99 Å². The van der Waals surface area contributed by atoms with E-state index in [2.05, 4.69) is 60.9 Å². The van der Waals surface area contributed by atoms with Gasteiger partial charge in [-0.2, -0.15) is 0 Å². The average Bonchev–Trinajstić information content (AvgIpc) is 2.60. The van der Waals surface area contributed by atoms with Gasteiger partial charge in [0.2, 0.25) is 5.36 Å². The number of anilines is 1. The number of fused-ring (bicyclic) bond motifs is 4.